The molecule has 7 heteroatoms. The maximum absolute atomic E-state index is 13.1. The summed E-state index contributed by atoms with van der Waals surface area (Å²) in [6, 6.07) is 18.2. The summed E-state index contributed by atoms with van der Waals surface area (Å²) >= 11 is 0. The van der Waals surface area contributed by atoms with E-state index in [2.05, 4.69) is 15.5 Å². The molecule has 4 rings (SSSR count). The minimum Gasteiger partial charge on any atom is -0.491 e. The summed E-state index contributed by atoms with van der Waals surface area (Å²) in [7, 11) is 0. The van der Waals surface area contributed by atoms with Gasteiger partial charge in [0.2, 0.25) is 0 Å². The zero-order chi connectivity index (χ0) is 20.4. The highest BCUT2D eigenvalue weighted by molar-refractivity contribution is 6.05. The number of anilines is 1. The maximum atomic E-state index is 13.1. The Morgan fingerprint density at radius 2 is 1.66 bits per heavy atom. The number of fused-ring (bicyclic) bond motifs is 1. The van der Waals surface area contributed by atoms with Crippen molar-refractivity contribution in [2.24, 2.45) is 0 Å². The number of carbonyl (C=O) groups excluding carboxylic acids is 1. The summed E-state index contributed by atoms with van der Waals surface area (Å²) in [5.41, 5.74) is 3.07. The number of ether oxygens (including phenoxy) is 1. The van der Waals surface area contributed by atoms with Crippen LogP contribution < -0.4 is 10.1 Å². The lowest BCUT2D eigenvalue weighted by atomic mass is 10.2. The molecule has 1 aromatic heterocycles. The molecule has 3 aromatic carbocycles. The molecule has 1 heterocycles. The monoisotopic (exact) mass is 390 g/mol. The molecule has 0 saturated heterocycles. The Morgan fingerprint density at radius 1 is 0.966 bits per heavy atom. The van der Waals surface area contributed by atoms with Crippen LogP contribution in [0.4, 0.5) is 10.1 Å². The second kappa shape index (κ2) is 7.71. The van der Waals surface area contributed by atoms with Crippen LogP contribution >= 0.6 is 0 Å². The van der Waals surface area contributed by atoms with E-state index in [0.717, 1.165) is 5.75 Å². The molecule has 0 spiro atoms. The average molecular weight is 390 g/mol. The van der Waals surface area contributed by atoms with E-state index in [1.54, 1.807) is 54.6 Å². The van der Waals surface area contributed by atoms with Crippen molar-refractivity contribution in [2.45, 2.75) is 20.0 Å². The number of rotatable bonds is 5. The molecular weight excluding hydrogens is 371 g/mol. The first kappa shape index (κ1) is 18.6. The molecule has 0 bridgehead atoms. The van der Waals surface area contributed by atoms with Crippen LogP contribution in [0, 0.1) is 5.82 Å². The van der Waals surface area contributed by atoms with Crippen molar-refractivity contribution in [3.05, 3.63) is 78.1 Å². The lowest BCUT2D eigenvalue weighted by Crippen LogP contribution is -2.12. The van der Waals surface area contributed by atoms with Gasteiger partial charge in [-0.05, 0) is 80.6 Å². The lowest BCUT2D eigenvalue weighted by Gasteiger charge is -2.10. The van der Waals surface area contributed by atoms with E-state index in [0.29, 0.717) is 28.0 Å². The molecule has 0 fully saturated rings. The first-order chi connectivity index (χ1) is 14.0. The molecule has 0 radical (unpaired) electrons. The van der Waals surface area contributed by atoms with Crippen molar-refractivity contribution in [2.75, 3.05) is 5.32 Å². The normalized spacial score (nSPS) is 11.0. The Bertz CT molecular complexity index is 1150. The third-order valence-corrected chi connectivity index (χ3v) is 4.18. The Morgan fingerprint density at radius 3 is 2.34 bits per heavy atom. The molecule has 0 saturated carbocycles. The van der Waals surface area contributed by atoms with Crippen LogP contribution in [0.3, 0.4) is 0 Å². The van der Waals surface area contributed by atoms with Crippen molar-refractivity contribution in [3.63, 3.8) is 0 Å². The summed E-state index contributed by atoms with van der Waals surface area (Å²) in [6.07, 6.45) is 0.0738. The second-order valence-corrected chi connectivity index (χ2v) is 6.81. The number of benzene rings is 3. The van der Waals surface area contributed by atoms with Gasteiger partial charge in [0, 0.05) is 11.3 Å². The number of aromatic nitrogens is 3. The fraction of sp³-hybridized carbons (Fsp3) is 0.136. The number of nitrogens with one attached hydrogen (secondary N) is 1. The molecule has 0 unspecified atom stereocenters. The zero-order valence-corrected chi connectivity index (χ0v) is 16.0. The molecule has 4 aromatic rings. The quantitative estimate of drug-likeness (QED) is 0.541. The van der Waals surface area contributed by atoms with Gasteiger partial charge >= 0.3 is 0 Å². The third-order valence-electron chi connectivity index (χ3n) is 4.18. The van der Waals surface area contributed by atoms with Gasteiger partial charge in [0.25, 0.3) is 5.91 Å². The van der Waals surface area contributed by atoms with Gasteiger partial charge < -0.3 is 10.1 Å². The fourth-order valence-corrected chi connectivity index (χ4v) is 2.84. The largest absolute Gasteiger partial charge is 0.491 e. The van der Waals surface area contributed by atoms with E-state index >= 15 is 0 Å². The van der Waals surface area contributed by atoms with Crippen LogP contribution in [0.25, 0.3) is 16.7 Å². The average Bonchev–Trinajstić information content (AvgIpc) is 3.12. The standard InChI is InChI=1S/C22H19FN4O2/c1-14(2)29-19-10-3-15(4-11-19)22(28)24-17-7-12-20-21(13-17)26-27(25-20)18-8-5-16(23)6-9-18/h3-14H,1-2H3,(H,24,28). The predicted octanol–water partition coefficient (Wildman–Crippen LogP) is 4.60. The molecular formula is C22H19FN4O2. The van der Waals surface area contributed by atoms with Gasteiger partial charge in [-0.3, -0.25) is 4.79 Å². The van der Waals surface area contributed by atoms with Crippen LogP contribution in [-0.4, -0.2) is 27.0 Å². The Labute approximate surface area is 166 Å². The minimum atomic E-state index is -0.320. The molecule has 146 valence electrons. The highest BCUT2D eigenvalue weighted by atomic mass is 19.1. The summed E-state index contributed by atoms with van der Waals surface area (Å²) in [5, 5.41) is 11.6. The van der Waals surface area contributed by atoms with Crippen molar-refractivity contribution in [1.29, 1.82) is 0 Å². The Hall–Kier alpha value is -3.74. The molecule has 0 atom stereocenters. The van der Waals surface area contributed by atoms with E-state index in [-0.39, 0.29) is 17.8 Å². The zero-order valence-electron chi connectivity index (χ0n) is 16.0. The van der Waals surface area contributed by atoms with Gasteiger partial charge in [-0.1, -0.05) is 0 Å². The molecule has 0 aliphatic rings. The number of halogens is 1. The summed E-state index contributed by atoms with van der Waals surface area (Å²) in [6.45, 7) is 3.89. The first-order valence-electron chi connectivity index (χ1n) is 9.19. The van der Waals surface area contributed by atoms with Crippen molar-refractivity contribution < 1.29 is 13.9 Å². The van der Waals surface area contributed by atoms with E-state index in [9.17, 15) is 9.18 Å². The summed E-state index contributed by atoms with van der Waals surface area (Å²) in [5.74, 6) is 0.168. The number of carbonyl (C=O) groups is 1. The number of hydrogen-bond acceptors (Lipinski definition) is 4. The molecule has 0 aliphatic heterocycles. The molecule has 29 heavy (non-hydrogen) atoms. The van der Waals surface area contributed by atoms with Crippen LogP contribution in [0.5, 0.6) is 5.75 Å². The molecule has 1 amide bonds. The minimum absolute atomic E-state index is 0.0738. The first-order valence-corrected chi connectivity index (χ1v) is 9.19. The fourth-order valence-electron chi connectivity index (χ4n) is 2.84. The second-order valence-electron chi connectivity index (χ2n) is 6.81. The van der Waals surface area contributed by atoms with Gasteiger partial charge in [-0.2, -0.15) is 4.80 Å². The molecule has 1 N–H and O–H groups in total. The van der Waals surface area contributed by atoms with Crippen LogP contribution in [0.1, 0.15) is 24.2 Å². The Balaban J connectivity index is 1.52. The summed E-state index contributed by atoms with van der Waals surface area (Å²) < 4.78 is 18.7. The van der Waals surface area contributed by atoms with Crippen molar-refractivity contribution in [1.82, 2.24) is 15.0 Å². The summed E-state index contributed by atoms with van der Waals surface area (Å²) in [4.78, 5) is 13.9. The number of hydrogen-bond donors (Lipinski definition) is 1. The van der Waals surface area contributed by atoms with Crippen LogP contribution in [-0.2, 0) is 0 Å². The van der Waals surface area contributed by atoms with Gasteiger partial charge in [-0.15, -0.1) is 10.2 Å². The van der Waals surface area contributed by atoms with E-state index in [4.69, 9.17) is 4.74 Å². The van der Waals surface area contributed by atoms with Crippen LogP contribution in [0.2, 0.25) is 0 Å². The van der Waals surface area contributed by atoms with Crippen LogP contribution in [0.15, 0.2) is 66.7 Å². The topological polar surface area (TPSA) is 69.0 Å². The smallest absolute Gasteiger partial charge is 0.255 e. The van der Waals surface area contributed by atoms with Gasteiger partial charge in [-0.25, -0.2) is 4.39 Å². The van der Waals surface area contributed by atoms with Crippen molar-refractivity contribution >= 4 is 22.6 Å². The Kier molecular flexibility index (Phi) is 4.95. The van der Waals surface area contributed by atoms with Gasteiger partial charge in [0.05, 0.1) is 11.8 Å². The van der Waals surface area contributed by atoms with Gasteiger partial charge in [0.1, 0.15) is 22.6 Å². The molecule has 0 aliphatic carbocycles. The van der Waals surface area contributed by atoms with E-state index < -0.39 is 0 Å². The van der Waals surface area contributed by atoms with Gasteiger partial charge in [0.15, 0.2) is 0 Å². The number of amides is 1. The van der Waals surface area contributed by atoms with Crippen molar-refractivity contribution in [3.8, 4) is 11.4 Å². The van der Waals surface area contributed by atoms with E-state index in [1.807, 2.05) is 13.8 Å². The number of nitrogens with zero attached hydrogens (tertiary/aromatic N) is 3. The highest BCUT2D eigenvalue weighted by Crippen LogP contribution is 2.19. The molecule has 6 nitrogen and oxygen atoms in total. The third kappa shape index (κ3) is 4.24. The SMILES string of the molecule is CC(C)Oc1ccc(C(=O)Nc2ccc3nn(-c4ccc(F)cc4)nc3c2)cc1. The predicted molar refractivity (Wildman–Crippen MR) is 109 cm³/mol. The van der Waals surface area contributed by atoms with E-state index in [1.165, 1.54) is 16.9 Å². The lowest BCUT2D eigenvalue weighted by molar-refractivity contribution is 0.102. The maximum Gasteiger partial charge on any atom is 0.255 e. The highest BCUT2D eigenvalue weighted by Gasteiger charge is 2.10.